The fourth-order valence-corrected chi connectivity index (χ4v) is 3.41. The van der Waals surface area contributed by atoms with Gasteiger partial charge in [-0.25, -0.2) is 0 Å². The van der Waals surface area contributed by atoms with E-state index in [1.54, 1.807) is 0 Å². The molecule has 0 saturated heterocycles. The lowest BCUT2D eigenvalue weighted by Crippen LogP contribution is -2.05. The molecule has 1 aliphatic rings. The van der Waals surface area contributed by atoms with Crippen molar-refractivity contribution in [2.45, 2.75) is 0 Å². The highest BCUT2D eigenvalue weighted by Crippen LogP contribution is 2.47. The number of hydrogen-bond acceptors (Lipinski definition) is 1. The SMILES string of the molecule is O=P1(c2ccccc2)C=CC=CC1. The van der Waals surface area contributed by atoms with Crippen LogP contribution in [0.4, 0.5) is 0 Å². The molecule has 0 N–H and O–H groups in total. The van der Waals surface area contributed by atoms with Gasteiger partial charge in [0.15, 0.2) is 0 Å². The van der Waals surface area contributed by atoms with Crippen molar-refractivity contribution in [1.82, 2.24) is 0 Å². The van der Waals surface area contributed by atoms with Crippen molar-refractivity contribution in [3.05, 3.63) is 54.4 Å². The van der Waals surface area contributed by atoms with Crippen LogP contribution in [0.5, 0.6) is 0 Å². The summed E-state index contributed by atoms with van der Waals surface area (Å²) < 4.78 is 12.3. The van der Waals surface area contributed by atoms with Crippen LogP contribution >= 0.6 is 7.14 Å². The molecule has 2 rings (SSSR count). The molecule has 1 aromatic carbocycles. The lowest BCUT2D eigenvalue weighted by Gasteiger charge is -2.14. The van der Waals surface area contributed by atoms with Crippen molar-refractivity contribution in [2.75, 3.05) is 6.16 Å². The van der Waals surface area contributed by atoms with Gasteiger partial charge in [-0.2, -0.15) is 0 Å². The second-order valence-electron chi connectivity index (χ2n) is 3.08. The Labute approximate surface area is 78.2 Å². The third-order valence-corrected chi connectivity index (χ3v) is 4.72. The Hall–Kier alpha value is -1.07. The monoisotopic (exact) mass is 190 g/mol. The summed E-state index contributed by atoms with van der Waals surface area (Å²) in [5.74, 6) is 1.84. The van der Waals surface area contributed by atoms with Gasteiger partial charge in [0.25, 0.3) is 0 Å². The summed E-state index contributed by atoms with van der Waals surface area (Å²) in [6, 6.07) is 9.68. The number of rotatable bonds is 1. The Morgan fingerprint density at radius 1 is 1.08 bits per heavy atom. The first-order valence-electron chi connectivity index (χ1n) is 4.30. The molecule has 0 aromatic heterocycles. The van der Waals surface area contributed by atoms with Crippen LogP contribution in [0.2, 0.25) is 0 Å². The molecule has 0 radical (unpaired) electrons. The number of hydrogen-bond donors (Lipinski definition) is 0. The van der Waals surface area contributed by atoms with Crippen molar-refractivity contribution in [2.24, 2.45) is 0 Å². The topological polar surface area (TPSA) is 17.1 Å². The van der Waals surface area contributed by atoms with Crippen molar-refractivity contribution >= 4 is 12.4 Å². The maximum Gasteiger partial charge on any atom is 0.139 e. The van der Waals surface area contributed by atoms with Gasteiger partial charge in [0.1, 0.15) is 7.14 Å². The highest BCUT2D eigenvalue weighted by Gasteiger charge is 2.20. The van der Waals surface area contributed by atoms with Crippen LogP contribution in [0.1, 0.15) is 0 Å². The molecule has 1 atom stereocenters. The standard InChI is InChI=1S/C11H11OP/c12-13(9-5-2-6-10-13)11-7-3-1-4-8-11/h1-9H,10H2. The predicted molar refractivity (Wildman–Crippen MR) is 56.8 cm³/mol. The fraction of sp³-hybridized carbons (Fsp3) is 0.0909. The van der Waals surface area contributed by atoms with Gasteiger partial charge in [0, 0.05) is 11.5 Å². The van der Waals surface area contributed by atoms with E-state index in [9.17, 15) is 4.57 Å². The molecular weight excluding hydrogens is 179 g/mol. The zero-order chi connectivity index (χ0) is 9.15. The third-order valence-electron chi connectivity index (χ3n) is 2.14. The Kier molecular flexibility index (Phi) is 2.20. The molecule has 1 aliphatic heterocycles. The Morgan fingerprint density at radius 2 is 1.85 bits per heavy atom. The van der Waals surface area contributed by atoms with Gasteiger partial charge in [-0.3, -0.25) is 0 Å². The normalized spacial score (nSPS) is 26.2. The molecule has 0 aliphatic carbocycles. The summed E-state index contributed by atoms with van der Waals surface area (Å²) in [7, 11) is -2.23. The van der Waals surface area contributed by atoms with Crippen LogP contribution in [-0.2, 0) is 4.57 Å². The summed E-state index contributed by atoms with van der Waals surface area (Å²) in [6.07, 6.45) is 6.44. The van der Waals surface area contributed by atoms with Crippen LogP contribution < -0.4 is 5.30 Å². The van der Waals surface area contributed by atoms with E-state index >= 15 is 0 Å². The first-order valence-corrected chi connectivity index (χ1v) is 6.26. The van der Waals surface area contributed by atoms with Gasteiger partial charge in [0.2, 0.25) is 0 Å². The first kappa shape index (κ1) is 8.52. The summed E-state index contributed by atoms with van der Waals surface area (Å²) in [5, 5.41) is 0.954. The number of benzene rings is 1. The number of allylic oxidation sites excluding steroid dienone is 3. The molecule has 13 heavy (non-hydrogen) atoms. The highest BCUT2D eigenvalue weighted by atomic mass is 31.2. The summed E-state index contributed by atoms with van der Waals surface area (Å²) >= 11 is 0. The minimum Gasteiger partial charge on any atom is -0.314 e. The zero-order valence-corrected chi connectivity index (χ0v) is 8.15. The Morgan fingerprint density at radius 3 is 2.46 bits per heavy atom. The van der Waals surface area contributed by atoms with E-state index in [0.717, 1.165) is 5.30 Å². The maximum atomic E-state index is 12.3. The quantitative estimate of drug-likeness (QED) is 0.622. The molecule has 1 aromatic rings. The lowest BCUT2D eigenvalue weighted by molar-refractivity contribution is 0.588. The summed E-state index contributed by atoms with van der Waals surface area (Å²) in [4.78, 5) is 0. The molecule has 2 heteroatoms. The Bertz CT molecular complexity index is 390. The molecule has 66 valence electrons. The molecule has 0 amide bonds. The molecule has 1 unspecified atom stereocenters. The van der Waals surface area contributed by atoms with Crippen LogP contribution in [0, 0.1) is 0 Å². The van der Waals surface area contributed by atoms with Gasteiger partial charge < -0.3 is 4.57 Å². The van der Waals surface area contributed by atoms with E-state index in [-0.39, 0.29) is 0 Å². The second-order valence-corrected chi connectivity index (χ2v) is 5.85. The molecular formula is C11H11OP. The largest absolute Gasteiger partial charge is 0.314 e. The predicted octanol–water partition coefficient (Wildman–Crippen LogP) is 2.76. The summed E-state index contributed by atoms with van der Waals surface area (Å²) in [5.41, 5.74) is 0. The van der Waals surface area contributed by atoms with Crippen molar-refractivity contribution < 1.29 is 4.57 Å². The van der Waals surface area contributed by atoms with Crippen LogP contribution in [0.3, 0.4) is 0 Å². The van der Waals surface area contributed by atoms with E-state index in [1.807, 2.05) is 54.4 Å². The van der Waals surface area contributed by atoms with Gasteiger partial charge in [-0.15, -0.1) is 0 Å². The van der Waals surface area contributed by atoms with Crippen LogP contribution in [0.15, 0.2) is 54.4 Å². The van der Waals surface area contributed by atoms with E-state index in [1.165, 1.54) is 0 Å². The van der Waals surface area contributed by atoms with Crippen LogP contribution in [0.25, 0.3) is 0 Å². The molecule has 0 fully saturated rings. The van der Waals surface area contributed by atoms with Crippen molar-refractivity contribution in [3.63, 3.8) is 0 Å². The van der Waals surface area contributed by atoms with Crippen molar-refractivity contribution in [3.8, 4) is 0 Å². The molecule has 1 nitrogen and oxygen atoms in total. The molecule has 0 saturated carbocycles. The average molecular weight is 190 g/mol. The van der Waals surface area contributed by atoms with E-state index in [4.69, 9.17) is 0 Å². The van der Waals surface area contributed by atoms with E-state index < -0.39 is 7.14 Å². The van der Waals surface area contributed by atoms with Gasteiger partial charge in [0.05, 0.1) is 0 Å². The first-order chi connectivity index (χ1) is 6.31. The van der Waals surface area contributed by atoms with E-state index in [2.05, 4.69) is 0 Å². The molecule has 0 spiro atoms. The summed E-state index contributed by atoms with van der Waals surface area (Å²) in [6.45, 7) is 0. The highest BCUT2D eigenvalue weighted by molar-refractivity contribution is 7.74. The Balaban J connectivity index is 2.42. The fourth-order valence-electron chi connectivity index (χ4n) is 1.42. The van der Waals surface area contributed by atoms with Gasteiger partial charge >= 0.3 is 0 Å². The minimum absolute atomic E-state index is 0.660. The molecule has 1 heterocycles. The minimum atomic E-state index is -2.23. The average Bonchev–Trinajstić information content (AvgIpc) is 2.20. The smallest absolute Gasteiger partial charge is 0.139 e. The lowest BCUT2D eigenvalue weighted by atomic mass is 10.4. The van der Waals surface area contributed by atoms with Crippen LogP contribution in [-0.4, -0.2) is 6.16 Å². The zero-order valence-electron chi connectivity index (χ0n) is 7.26. The third kappa shape index (κ3) is 1.66. The second kappa shape index (κ2) is 3.35. The van der Waals surface area contributed by atoms with Crippen molar-refractivity contribution in [1.29, 1.82) is 0 Å². The van der Waals surface area contributed by atoms with E-state index in [0.29, 0.717) is 6.16 Å². The van der Waals surface area contributed by atoms with Gasteiger partial charge in [-0.05, 0) is 5.82 Å². The maximum absolute atomic E-state index is 12.3. The molecule has 0 bridgehead atoms. The van der Waals surface area contributed by atoms with Gasteiger partial charge in [-0.1, -0.05) is 48.6 Å².